The topological polar surface area (TPSA) is 60.0 Å². The molecule has 0 spiro atoms. The van der Waals surface area contributed by atoms with Crippen molar-refractivity contribution in [1.29, 1.82) is 0 Å². The van der Waals surface area contributed by atoms with Crippen molar-refractivity contribution < 1.29 is 23.4 Å². The number of anilines is 1. The van der Waals surface area contributed by atoms with Gasteiger partial charge < -0.3 is 24.4 Å². The second-order valence-corrected chi connectivity index (χ2v) is 7.40. The van der Waals surface area contributed by atoms with Crippen molar-refractivity contribution in [2.24, 2.45) is 5.92 Å². The molecular formula is C23H25FN2O4. The van der Waals surface area contributed by atoms with Gasteiger partial charge in [0.15, 0.2) is 11.5 Å². The second-order valence-electron chi connectivity index (χ2n) is 7.40. The highest BCUT2D eigenvalue weighted by Crippen LogP contribution is 2.40. The number of hydrogen-bond acceptors (Lipinski definition) is 5. The number of nitrogens with one attached hydrogen (secondary N) is 1. The summed E-state index contributed by atoms with van der Waals surface area (Å²) >= 11 is 0. The van der Waals surface area contributed by atoms with Crippen molar-refractivity contribution in [2.45, 2.75) is 6.42 Å². The maximum absolute atomic E-state index is 13.1. The van der Waals surface area contributed by atoms with E-state index in [9.17, 15) is 9.18 Å². The van der Waals surface area contributed by atoms with Crippen LogP contribution in [0.25, 0.3) is 6.08 Å². The summed E-state index contributed by atoms with van der Waals surface area (Å²) in [6.45, 7) is 3.32. The molecule has 1 atom stereocenters. The smallest absolute Gasteiger partial charge is 0.244 e. The highest BCUT2D eigenvalue weighted by molar-refractivity contribution is 5.91. The first-order valence-electron chi connectivity index (χ1n) is 10.1. The number of fused-ring (bicyclic) bond motifs is 1. The lowest BCUT2D eigenvalue weighted by molar-refractivity contribution is -0.116. The first kappa shape index (κ1) is 20.1. The SMILES string of the molecule is COc1cc(C=CC(=O)NCC2CCN(c3ccc(F)cc3)C2)cc2c1OCCO2. The first-order chi connectivity index (χ1) is 14.6. The number of carbonyl (C=O) groups excluding carboxylic acids is 1. The van der Waals surface area contributed by atoms with Crippen LogP contribution in [0.4, 0.5) is 10.1 Å². The van der Waals surface area contributed by atoms with Crippen LogP contribution >= 0.6 is 0 Å². The van der Waals surface area contributed by atoms with Crippen LogP contribution in [-0.4, -0.2) is 45.9 Å². The third-order valence-corrected chi connectivity index (χ3v) is 5.32. The van der Waals surface area contributed by atoms with Gasteiger partial charge in [0.25, 0.3) is 0 Å². The first-order valence-corrected chi connectivity index (χ1v) is 10.1. The van der Waals surface area contributed by atoms with Crippen molar-refractivity contribution in [3.63, 3.8) is 0 Å². The quantitative estimate of drug-likeness (QED) is 0.738. The van der Waals surface area contributed by atoms with Crippen LogP contribution in [0.3, 0.4) is 0 Å². The summed E-state index contributed by atoms with van der Waals surface area (Å²) in [6, 6.07) is 10.2. The van der Waals surface area contributed by atoms with E-state index in [1.54, 1.807) is 25.3 Å². The van der Waals surface area contributed by atoms with Gasteiger partial charge in [-0.05, 0) is 60.4 Å². The zero-order valence-electron chi connectivity index (χ0n) is 16.9. The second kappa shape index (κ2) is 9.07. The molecule has 6 nitrogen and oxygen atoms in total. The molecule has 2 aliphatic heterocycles. The van der Waals surface area contributed by atoms with Crippen molar-refractivity contribution in [2.75, 3.05) is 44.9 Å². The Morgan fingerprint density at radius 3 is 2.87 bits per heavy atom. The molecule has 0 radical (unpaired) electrons. The molecule has 4 rings (SSSR count). The van der Waals surface area contributed by atoms with Crippen molar-refractivity contribution in [1.82, 2.24) is 5.32 Å². The molecule has 158 valence electrons. The van der Waals surface area contributed by atoms with E-state index >= 15 is 0 Å². The van der Waals surface area contributed by atoms with Gasteiger partial charge in [0.1, 0.15) is 19.0 Å². The monoisotopic (exact) mass is 412 g/mol. The van der Waals surface area contributed by atoms with Gasteiger partial charge in [-0.25, -0.2) is 4.39 Å². The van der Waals surface area contributed by atoms with Gasteiger partial charge in [0, 0.05) is 31.4 Å². The van der Waals surface area contributed by atoms with Crippen LogP contribution in [0, 0.1) is 11.7 Å². The Bertz CT molecular complexity index is 912. The Morgan fingerprint density at radius 2 is 2.07 bits per heavy atom. The molecule has 30 heavy (non-hydrogen) atoms. The molecule has 1 fully saturated rings. The Morgan fingerprint density at radius 1 is 1.27 bits per heavy atom. The summed E-state index contributed by atoms with van der Waals surface area (Å²) in [4.78, 5) is 14.5. The molecule has 2 aromatic carbocycles. The molecule has 0 aromatic heterocycles. The fourth-order valence-electron chi connectivity index (χ4n) is 3.75. The molecular weight excluding hydrogens is 387 g/mol. The highest BCUT2D eigenvalue weighted by Gasteiger charge is 2.23. The number of amides is 1. The molecule has 0 aliphatic carbocycles. The van der Waals surface area contributed by atoms with Gasteiger partial charge in [0.05, 0.1) is 7.11 Å². The van der Waals surface area contributed by atoms with Gasteiger partial charge in [0.2, 0.25) is 11.7 Å². The molecule has 7 heteroatoms. The number of carbonyl (C=O) groups is 1. The average molecular weight is 412 g/mol. The van der Waals surface area contributed by atoms with E-state index in [2.05, 4.69) is 10.2 Å². The van der Waals surface area contributed by atoms with Crippen molar-refractivity contribution in [3.8, 4) is 17.2 Å². The summed E-state index contributed by atoms with van der Waals surface area (Å²) in [5.41, 5.74) is 1.81. The number of hydrogen-bond donors (Lipinski definition) is 1. The number of ether oxygens (including phenoxy) is 3. The normalized spacial score (nSPS) is 17.9. The van der Waals surface area contributed by atoms with Crippen LogP contribution in [0.5, 0.6) is 17.2 Å². The molecule has 0 saturated carbocycles. The lowest BCUT2D eigenvalue weighted by Gasteiger charge is -2.21. The third-order valence-electron chi connectivity index (χ3n) is 5.32. The fraction of sp³-hybridized carbons (Fsp3) is 0.348. The van der Waals surface area contributed by atoms with E-state index in [1.807, 2.05) is 12.1 Å². The number of benzene rings is 2. The van der Waals surface area contributed by atoms with Crippen LogP contribution < -0.4 is 24.4 Å². The average Bonchev–Trinajstić information content (AvgIpc) is 3.25. The maximum atomic E-state index is 13.1. The van der Waals surface area contributed by atoms with Gasteiger partial charge in [-0.2, -0.15) is 0 Å². The van der Waals surface area contributed by atoms with Crippen LogP contribution in [-0.2, 0) is 4.79 Å². The zero-order chi connectivity index (χ0) is 20.9. The summed E-state index contributed by atoms with van der Waals surface area (Å²) in [5.74, 6) is 1.78. The van der Waals surface area contributed by atoms with Gasteiger partial charge in [-0.15, -0.1) is 0 Å². The third kappa shape index (κ3) is 4.67. The van der Waals surface area contributed by atoms with Crippen LogP contribution in [0.15, 0.2) is 42.5 Å². The predicted octanol–water partition coefficient (Wildman–Crippen LogP) is 3.26. The number of halogens is 1. The number of nitrogens with zero attached hydrogens (tertiary/aromatic N) is 1. The summed E-state index contributed by atoms with van der Waals surface area (Å²) in [7, 11) is 1.57. The number of rotatable bonds is 6. The van der Waals surface area contributed by atoms with E-state index in [0.717, 1.165) is 30.8 Å². The summed E-state index contributed by atoms with van der Waals surface area (Å²) < 4.78 is 29.7. The molecule has 2 aromatic rings. The van der Waals surface area contributed by atoms with Crippen LogP contribution in [0.1, 0.15) is 12.0 Å². The molecule has 1 N–H and O–H groups in total. The van der Waals surface area contributed by atoms with Gasteiger partial charge in [-0.1, -0.05) is 0 Å². The minimum absolute atomic E-state index is 0.149. The zero-order valence-corrected chi connectivity index (χ0v) is 16.9. The Balaban J connectivity index is 1.30. The van der Waals surface area contributed by atoms with Gasteiger partial charge in [-0.3, -0.25) is 4.79 Å². The minimum atomic E-state index is -0.232. The Labute approximate surface area is 175 Å². The molecule has 1 saturated heterocycles. The lowest BCUT2D eigenvalue weighted by atomic mass is 10.1. The lowest BCUT2D eigenvalue weighted by Crippen LogP contribution is -2.29. The Kier molecular flexibility index (Phi) is 6.07. The van der Waals surface area contributed by atoms with Crippen molar-refractivity contribution in [3.05, 3.63) is 53.9 Å². The highest BCUT2D eigenvalue weighted by atomic mass is 19.1. The van der Waals surface area contributed by atoms with E-state index in [0.29, 0.717) is 42.9 Å². The van der Waals surface area contributed by atoms with E-state index in [-0.39, 0.29) is 11.7 Å². The van der Waals surface area contributed by atoms with E-state index < -0.39 is 0 Å². The van der Waals surface area contributed by atoms with E-state index in [1.165, 1.54) is 18.2 Å². The van der Waals surface area contributed by atoms with Gasteiger partial charge >= 0.3 is 0 Å². The standard InChI is InChI=1S/C23H25FN2O4/c1-28-20-12-16(13-21-23(20)30-11-10-29-21)2-7-22(27)25-14-17-8-9-26(15-17)19-5-3-18(24)4-6-19/h2-7,12-13,17H,8-11,14-15H2,1H3,(H,25,27). The van der Waals surface area contributed by atoms with E-state index in [4.69, 9.17) is 14.2 Å². The minimum Gasteiger partial charge on any atom is -0.493 e. The molecule has 2 heterocycles. The predicted molar refractivity (Wildman–Crippen MR) is 113 cm³/mol. The fourth-order valence-corrected chi connectivity index (χ4v) is 3.75. The molecule has 2 aliphatic rings. The summed E-state index contributed by atoms with van der Waals surface area (Å²) in [5, 5.41) is 2.97. The number of methoxy groups -OCH3 is 1. The molecule has 1 unspecified atom stereocenters. The largest absolute Gasteiger partial charge is 0.493 e. The summed E-state index contributed by atoms with van der Waals surface area (Å²) in [6.07, 6.45) is 4.23. The molecule has 0 bridgehead atoms. The van der Waals surface area contributed by atoms with Crippen molar-refractivity contribution >= 4 is 17.7 Å². The maximum Gasteiger partial charge on any atom is 0.244 e. The van der Waals surface area contributed by atoms with Crippen LogP contribution in [0.2, 0.25) is 0 Å². The Hall–Kier alpha value is -3.22. The molecule has 1 amide bonds.